The van der Waals surface area contributed by atoms with Gasteiger partial charge in [0.25, 0.3) is 5.91 Å². The molecular formula is C17H23N3O4S2. The van der Waals surface area contributed by atoms with Crippen LogP contribution in [0.3, 0.4) is 0 Å². The molecule has 9 heteroatoms. The third-order valence-corrected chi connectivity index (χ3v) is 7.29. The molecule has 0 bridgehead atoms. The standard InChI is InChI=1S/C17H23N3O4S2/c1-2-24-8-4-7-18-16(21)12-5-3-6-13(9-12)19-17-20-14-10-26(22,23)11-15(14)25-17/h3,5-6,9,14-15H,2,4,7-8,10-11H2,1H3,(H,18,21)(H,19,20). The minimum atomic E-state index is -2.95. The van der Waals surface area contributed by atoms with Crippen LogP contribution >= 0.6 is 11.8 Å². The lowest BCUT2D eigenvalue weighted by Crippen LogP contribution is -2.25. The molecule has 1 saturated heterocycles. The first-order chi connectivity index (χ1) is 12.5. The molecule has 2 aliphatic heterocycles. The number of aliphatic imine (C=N–C) groups is 1. The van der Waals surface area contributed by atoms with E-state index in [2.05, 4.69) is 15.6 Å². The van der Waals surface area contributed by atoms with E-state index in [1.54, 1.807) is 12.1 Å². The molecule has 0 aromatic heterocycles. The second-order valence-electron chi connectivity index (χ2n) is 6.25. The summed E-state index contributed by atoms with van der Waals surface area (Å²) in [5.41, 5.74) is 1.33. The highest BCUT2D eigenvalue weighted by Gasteiger charge is 2.42. The molecule has 1 amide bonds. The summed E-state index contributed by atoms with van der Waals surface area (Å²) in [6.07, 6.45) is 0.774. The predicted octanol–water partition coefficient (Wildman–Crippen LogP) is 1.52. The minimum Gasteiger partial charge on any atom is -0.382 e. The normalized spacial score (nSPS) is 23.3. The van der Waals surface area contributed by atoms with Crippen molar-refractivity contribution in [2.24, 2.45) is 4.99 Å². The van der Waals surface area contributed by atoms with Crippen LogP contribution in [0.25, 0.3) is 0 Å². The Hall–Kier alpha value is -1.58. The van der Waals surface area contributed by atoms with E-state index in [-0.39, 0.29) is 28.7 Å². The zero-order valence-electron chi connectivity index (χ0n) is 14.6. The topological polar surface area (TPSA) is 96.9 Å². The summed E-state index contributed by atoms with van der Waals surface area (Å²) in [5.74, 6) is 0.176. The van der Waals surface area contributed by atoms with Gasteiger partial charge in [0.2, 0.25) is 0 Å². The van der Waals surface area contributed by atoms with Gasteiger partial charge < -0.3 is 15.4 Å². The predicted molar refractivity (Wildman–Crippen MR) is 105 cm³/mol. The quantitative estimate of drug-likeness (QED) is 0.677. The Labute approximate surface area is 157 Å². The molecule has 0 aliphatic carbocycles. The lowest BCUT2D eigenvalue weighted by atomic mass is 10.2. The number of hydrogen-bond acceptors (Lipinski definition) is 7. The average molecular weight is 398 g/mol. The van der Waals surface area contributed by atoms with Crippen LogP contribution in [0.2, 0.25) is 0 Å². The molecule has 2 atom stereocenters. The van der Waals surface area contributed by atoms with Gasteiger partial charge in [-0.2, -0.15) is 0 Å². The minimum absolute atomic E-state index is 0.000629. The van der Waals surface area contributed by atoms with Crippen molar-refractivity contribution in [3.63, 3.8) is 0 Å². The Bertz CT molecular complexity index is 795. The Morgan fingerprint density at radius 2 is 2.23 bits per heavy atom. The van der Waals surface area contributed by atoms with E-state index < -0.39 is 9.84 Å². The molecular weight excluding hydrogens is 374 g/mol. The summed E-state index contributed by atoms with van der Waals surface area (Å²) in [5, 5.41) is 6.78. The summed E-state index contributed by atoms with van der Waals surface area (Å²) < 4.78 is 28.5. The van der Waals surface area contributed by atoms with Gasteiger partial charge >= 0.3 is 0 Å². The molecule has 1 fully saturated rings. The van der Waals surface area contributed by atoms with E-state index >= 15 is 0 Å². The first-order valence-corrected chi connectivity index (χ1v) is 11.3. The maximum atomic E-state index is 12.2. The highest BCUT2D eigenvalue weighted by molar-refractivity contribution is 8.15. The lowest BCUT2D eigenvalue weighted by molar-refractivity contribution is 0.0944. The Morgan fingerprint density at radius 1 is 1.38 bits per heavy atom. The summed E-state index contributed by atoms with van der Waals surface area (Å²) in [4.78, 5) is 16.7. The molecule has 142 valence electrons. The van der Waals surface area contributed by atoms with Gasteiger partial charge in [0.05, 0.1) is 17.5 Å². The van der Waals surface area contributed by atoms with E-state index in [1.807, 2.05) is 19.1 Å². The number of carbonyl (C=O) groups is 1. The van der Waals surface area contributed by atoms with Gasteiger partial charge in [0, 0.05) is 36.3 Å². The Morgan fingerprint density at radius 3 is 3.00 bits per heavy atom. The summed E-state index contributed by atoms with van der Waals surface area (Å²) in [7, 11) is -2.95. The second-order valence-corrected chi connectivity index (χ2v) is 9.63. The number of benzene rings is 1. The maximum absolute atomic E-state index is 12.2. The van der Waals surface area contributed by atoms with Crippen LogP contribution in [-0.4, -0.2) is 62.0 Å². The molecule has 2 N–H and O–H groups in total. The number of nitrogens with one attached hydrogen (secondary N) is 2. The number of hydrogen-bond donors (Lipinski definition) is 2. The first kappa shape index (κ1) is 19.2. The number of carbonyl (C=O) groups excluding carboxylic acids is 1. The zero-order chi connectivity index (χ0) is 18.6. The molecule has 2 aliphatic rings. The fourth-order valence-corrected chi connectivity index (χ4v) is 6.58. The van der Waals surface area contributed by atoms with Crippen molar-refractivity contribution in [2.75, 3.05) is 36.6 Å². The SMILES string of the molecule is CCOCCCNC(=O)c1cccc(NC2=NC3CS(=O)(=O)CC3S2)c1. The molecule has 0 spiro atoms. The van der Waals surface area contributed by atoms with Crippen molar-refractivity contribution in [3.05, 3.63) is 29.8 Å². The first-order valence-electron chi connectivity index (χ1n) is 8.65. The summed E-state index contributed by atoms with van der Waals surface area (Å²) in [6, 6.07) is 7.03. The van der Waals surface area contributed by atoms with Crippen molar-refractivity contribution < 1.29 is 17.9 Å². The molecule has 3 rings (SSSR count). The molecule has 1 aromatic rings. The van der Waals surface area contributed by atoms with Gasteiger partial charge in [-0.05, 0) is 31.5 Å². The monoisotopic (exact) mass is 397 g/mol. The molecule has 26 heavy (non-hydrogen) atoms. The number of ether oxygens (including phenoxy) is 1. The number of rotatable bonds is 7. The zero-order valence-corrected chi connectivity index (χ0v) is 16.2. The van der Waals surface area contributed by atoms with E-state index in [4.69, 9.17) is 4.74 Å². The van der Waals surface area contributed by atoms with E-state index in [0.717, 1.165) is 12.1 Å². The number of amides is 1. The van der Waals surface area contributed by atoms with Crippen LogP contribution in [0.4, 0.5) is 5.69 Å². The number of anilines is 1. The van der Waals surface area contributed by atoms with Crippen molar-refractivity contribution in [1.29, 1.82) is 0 Å². The van der Waals surface area contributed by atoms with Crippen molar-refractivity contribution in [2.45, 2.75) is 24.6 Å². The highest BCUT2D eigenvalue weighted by atomic mass is 32.2. The fourth-order valence-electron chi connectivity index (χ4n) is 2.90. The Balaban J connectivity index is 1.54. The Kier molecular flexibility index (Phi) is 6.20. The third-order valence-electron chi connectivity index (χ3n) is 4.15. The largest absolute Gasteiger partial charge is 0.382 e. The molecule has 0 saturated carbocycles. The average Bonchev–Trinajstić information content (AvgIpc) is 3.07. The number of sulfone groups is 1. The van der Waals surface area contributed by atoms with E-state index in [9.17, 15) is 13.2 Å². The van der Waals surface area contributed by atoms with Gasteiger partial charge in [-0.3, -0.25) is 9.79 Å². The van der Waals surface area contributed by atoms with E-state index in [0.29, 0.717) is 30.5 Å². The van der Waals surface area contributed by atoms with Gasteiger partial charge in [0.15, 0.2) is 15.0 Å². The van der Waals surface area contributed by atoms with Crippen LogP contribution in [0.5, 0.6) is 0 Å². The van der Waals surface area contributed by atoms with Gasteiger partial charge in [-0.15, -0.1) is 0 Å². The number of nitrogens with zero attached hydrogens (tertiary/aromatic N) is 1. The maximum Gasteiger partial charge on any atom is 0.251 e. The van der Waals surface area contributed by atoms with Crippen LogP contribution in [-0.2, 0) is 14.6 Å². The summed E-state index contributed by atoms with van der Waals surface area (Å²) >= 11 is 1.46. The molecule has 0 radical (unpaired) electrons. The summed E-state index contributed by atoms with van der Waals surface area (Å²) in [6.45, 7) is 3.82. The number of fused-ring (bicyclic) bond motifs is 1. The third kappa shape index (κ3) is 4.99. The van der Waals surface area contributed by atoms with Gasteiger partial charge in [-0.25, -0.2) is 8.42 Å². The molecule has 1 aromatic carbocycles. The smallest absolute Gasteiger partial charge is 0.251 e. The van der Waals surface area contributed by atoms with Gasteiger partial charge in [-0.1, -0.05) is 17.8 Å². The molecule has 2 heterocycles. The van der Waals surface area contributed by atoms with Crippen molar-refractivity contribution in [1.82, 2.24) is 5.32 Å². The second kappa shape index (κ2) is 8.41. The van der Waals surface area contributed by atoms with Crippen LogP contribution in [0.15, 0.2) is 29.3 Å². The van der Waals surface area contributed by atoms with Crippen molar-refractivity contribution >= 4 is 38.4 Å². The number of thioether (sulfide) groups is 1. The highest BCUT2D eigenvalue weighted by Crippen LogP contribution is 2.34. The number of amidine groups is 1. The van der Waals surface area contributed by atoms with Crippen LogP contribution in [0, 0.1) is 0 Å². The molecule has 2 unspecified atom stereocenters. The van der Waals surface area contributed by atoms with Crippen LogP contribution in [0.1, 0.15) is 23.7 Å². The van der Waals surface area contributed by atoms with Crippen LogP contribution < -0.4 is 10.6 Å². The van der Waals surface area contributed by atoms with Crippen molar-refractivity contribution in [3.8, 4) is 0 Å². The van der Waals surface area contributed by atoms with E-state index in [1.165, 1.54) is 11.8 Å². The van der Waals surface area contributed by atoms with Gasteiger partial charge in [0.1, 0.15) is 0 Å². The lowest BCUT2D eigenvalue weighted by Gasteiger charge is -2.09. The molecule has 7 nitrogen and oxygen atoms in total. The fraction of sp³-hybridized carbons (Fsp3) is 0.529.